The number of hydrogen-bond acceptors (Lipinski definition) is 8. The Bertz CT molecular complexity index is 1100. The number of anilines is 2. The molecule has 5 heterocycles. The number of piperazine rings is 1. The molecule has 0 N–H and O–H groups in total. The van der Waals surface area contributed by atoms with Crippen LogP contribution < -0.4 is 9.80 Å². The lowest BCUT2D eigenvalue weighted by Gasteiger charge is -2.42. The first-order valence-corrected chi connectivity index (χ1v) is 11.5. The standard InChI is InChI=1S/C23H29N7O2/c1-17-10-18-13-26-30(21(18)11-20(17)28-6-8-31-9-7-28)23-12-22(24-16-25-23)29-4-2-27(3-5-29)19-14-32-15-19/h10-13,16,19H,2-9,14-15H2,1H3. The summed E-state index contributed by atoms with van der Waals surface area (Å²) in [5, 5.41) is 5.80. The van der Waals surface area contributed by atoms with Gasteiger partial charge in [0.1, 0.15) is 12.1 Å². The fourth-order valence-corrected chi connectivity index (χ4v) is 4.88. The van der Waals surface area contributed by atoms with Crippen LogP contribution in [-0.4, -0.2) is 96.4 Å². The highest BCUT2D eigenvalue weighted by molar-refractivity contribution is 5.85. The Morgan fingerprint density at radius 3 is 2.38 bits per heavy atom. The summed E-state index contributed by atoms with van der Waals surface area (Å²) in [6.45, 7) is 11.3. The quantitative estimate of drug-likeness (QED) is 0.610. The van der Waals surface area contributed by atoms with Crippen LogP contribution in [0.4, 0.5) is 11.5 Å². The van der Waals surface area contributed by atoms with Crippen LogP contribution in [0.5, 0.6) is 0 Å². The van der Waals surface area contributed by atoms with Crippen LogP contribution in [0.2, 0.25) is 0 Å². The SMILES string of the molecule is Cc1cc2cnn(-c3cc(N4CCN(C5COC5)CC4)ncn3)c2cc1N1CCOCC1. The molecule has 0 unspecified atom stereocenters. The van der Waals surface area contributed by atoms with Crippen molar-refractivity contribution in [2.75, 3.05) is 75.5 Å². The van der Waals surface area contributed by atoms with E-state index in [2.05, 4.69) is 54.9 Å². The highest BCUT2D eigenvalue weighted by Crippen LogP contribution is 2.29. The number of aromatic nitrogens is 4. The summed E-state index contributed by atoms with van der Waals surface area (Å²) in [4.78, 5) is 16.4. The van der Waals surface area contributed by atoms with E-state index < -0.39 is 0 Å². The second-order valence-electron chi connectivity index (χ2n) is 8.80. The van der Waals surface area contributed by atoms with Gasteiger partial charge in [0, 0.05) is 56.4 Å². The molecule has 0 atom stereocenters. The second-order valence-corrected chi connectivity index (χ2v) is 8.80. The third kappa shape index (κ3) is 3.60. The topological polar surface area (TPSA) is 71.8 Å². The molecule has 32 heavy (non-hydrogen) atoms. The molecule has 0 bridgehead atoms. The normalized spacial score (nSPS) is 20.7. The summed E-state index contributed by atoms with van der Waals surface area (Å²) in [6, 6.07) is 7.11. The Labute approximate surface area is 187 Å². The summed E-state index contributed by atoms with van der Waals surface area (Å²) in [6.07, 6.45) is 3.58. The van der Waals surface area contributed by atoms with E-state index in [1.165, 1.54) is 11.3 Å². The van der Waals surface area contributed by atoms with Gasteiger partial charge in [0.25, 0.3) is 0 Å². The van der Waals surface area contributed by atoms with Crippen LogP contribution in [0.1, 0.15) is 5.56 Å². The number of benzene rings is 1. The molecule has 9 nitrogen and oxygen atoms in total. The molecular formula is C23H29N7O2. The average molecular weight is 436 g/mol. The third-order valence-corrected chi connectivity index (χ3v) is 6.87. The van der Waals surface area contributed by atoms with Gasteiger partial charge in [-0.1, -0.05) is 0 Å². The maximum Gasteiger partial charge on any atom is 0.159 e. The van der Waals surface area contributed by atoms with E-state index in [0.717, 1.165) is 88.2 Å². The zero-order chi connectivity index (χ0) is 21.5. The molecule has 1 aromatic carbocycles. The van der Waals surface area contributed by atoms with Crippen LogP contribution in [0.15, 0.2) is 30.7 Å². The fourth-order valence-electron chi connectivity index (χ4n) is 4.88. The van der Waals surface area contributed by atoms with Gasteiger partial charge in [-0.05, 0) is 24.6 Å². The lowest BCUT2D eigenvalue weighted by molar-refractivity contribution is -0.0661. The Hall–Kier alpha value is -2.75. The minimum absolute atomic E-state index is 0.595. The van der Waals surface area contributed by atoms with E-state index in [0.29, 0.717) is 6.04 Å². The molecule has 2 aromatic heterocycles. The lowest BCUT2D eigenvalue weighted by Crippen LogP contribution is -2.56. The number of morpholine rings is 1. The fraction of sp³-hybridized carbons (Fsp3) is 0.522. The number of hydrogen-bond donors (Lipinski definition) is 0. The van der Waals surface area contributed by atoms with Gasteiger partial charge < -0.3 is 19.3 Å². The molecule has 9 heteroatoms. The van der Waals surface area contributed by atoms with Crippen molar-refractivity contribution in [3.05, 3.63) is 36.3 Å². The zero-order valence-electron chi connectivity index (χ0n) is 18.5. The summed E-state index contributed by atoms with van der Waals surface area (Å²) in [5.74, 6) is 1.76. The molecule has 3 saturated heterocycles. The highest BCUT2D eigenvalue weighted by atomic mass is 16.5. The van der Waals surface area contributed by atoms with Crippen LogP contribution in [0, 0.1) is 6.92 Å². The number of nitrogens with zero attached hydrogens (tertiary/aromatic N) is 7. The minimum Gasteiger partial charge on any atom is -0.378 e. The first-order valence-electron chi connectivity index (χ1n) is 11.5. The maximum absolute atomic E-state index is 5.54. The molecule has 0 amide bonds. The van der Waals surface area contributed by atoms with Crippen molar-refractivity contribution in [2.45, 2.75) is 13.0 Å². The third-order valence-electron chi connectivity index (χ3n) is 6.87. The Kier molecular flexibility index (Phi) is 5.17. The Morgan fingerprint density at radius 2 is 1.62 bits per heavy atom. The van der Waals surface area contributed by atoms with Crippen LogP contribution in [-0.2, 0) is 9.47 Å². The maximum atomic E-state index is 5.54. The first kappa shape index (κ1) is 19.9. The van der Waals surface area contributed by atoms with E-state index in [1.807, 2.05) is 10.9 Å². The monoisotopic (exact) mass is 435 g/mol. The van der Waals surface area contributed by atoms with Gasteiger partial charge in [-0.2, -0.15) is 5.10 Å². The Morgan fingerprint density at radius 1 is 0.844 bits per heavy atom. The van der Waals surface area contributed by atoms with Crippen molar-refractivity contribution in [2.24, 2.45) is 0 Å². The molecule has 3 aromatic rings. The minimum atomic E-state index is 0.595. The first-order chi connectivity index (χ1) is 15.8. The summed E-state index contributed by atoms with van der Waals surface area (Å²) in [5.41, 5.74) is 3.57. The predicted octanol–water partition coefficient (Wildman–Crippen LogP) is 1.48. The molecule has 3 aliphatic rings. The lowest BCUT2D eigenvalue weighted by atomic mass is 10.1. The highest BCUT2D eigenvalue weighted by Gasteiger charge is 2.29. The number of ether oxygens (including phenoxy) is 2. The molecule has 0 saturated carbocycles. The number of fused-ring (bicyclic) bond motifs is 1. The summed E-state index contributed by atoms with van der Waals surface area (Å²) >= 11 is 0. The average Bonchev–Trinajstić information content (AvgIpc) is 3.21. The van der Waals surface area contributed by atoms with E-state index in [-0.39, 0.29) is 0 Å². The summed E-state index contributed by atoms with van der Waals surface area (Å²) < 4.78 is 12.8. The zero-order valence-corrected chi connectivity index (χ0v) is 18.5. The van der Waals surface area contributed by atoms with Gasteiger partial charge >= 0.3 is 0 Å². The van der Waals surface area contributed by atoms with Crippen molar-refractivity contribution in [3.8, 4) is 5.82 Å². The largest absolute Gasteiger partial charge is 0.378 e. The van der Waals surface area contributed by atoms with Crippen LogP contribution in [0.3, 0.4) is 0 Å². The van der Waals surface area contributed by atoms with Crippen molar-refractivity contribution < 1.29 is 9.47 Å². The summed E-state index contributed by atoms with van der Waals surface area (Å²) in [7, 11) is 0. The molecule has 0 aliphatic carbocycles. The molecule has 0 radical (unpaired) electrons. The van der Waals surface area contributed by atoms with E-state index in [4.69, 9.17) is 9.47 Å². The van der Waals surface area contributed by atoms with E-state index in [1.54, 1.807) is 6.33 Å². The van der Waals surface area contributed by atoms with Gasteiger partial charge in [-0.3, -0.25) is 4.90 Å². The predicted molar refractivity (Wildman–Crippen MR) is 123 cm³/mol. The van der Waals surface area contributed by atoms with Gasteiger partial charge in [-0.15, -0.1) is 0 Å². The Balaban J connectivity index is 1.27. The number of rotatable bonds is 4. The van der Waals surface area contributed by atoms with Crippen molar-refractivity contribution in [3.63, 3.8) is 0 Å². The molecular weight excluding hydrogens is 406 g/mol. The van der Waals surface area contributed by atoms with Gasteiger partial charge in [0.05, 0.1) is 44.2 Å². The smallest absolute Gasteiger partial charge is 0.159 e. The molecule has 0 spiro atoms. The molecule has 6 rings (SSSR count). The second kappa shape index (κ2) is 8.31. The van der Waals surface area contributed by atoms with Crippen molar-refractivity contribution in [1.29, 1.82) is 0 Å². The van der Waals surface area contributed by atoms with E-state index in [9.17, 15) is 0 Å². The van der Waals surface area contributed by atoms with Crippen molar-refractivity contribution in [1.82, 2.24) is 24.6 Å². The van der Waals surface area contributed by atoms with Gasteiger partial charge in [0.2, 0.25) is 0 Å². The van der Waals surface area contributed by atoms with Crippen LogP contribution in [0.25, 0.3) is 16.7 Å². The van der Waals surface area contributed by atoms with Gasteiger partial charge in [-0.25, -0.2) is 14.6 Å². The molecule has 3 aliphatic heterocycles. The molecule has 168 valence electrons. The van der Waals surface area contributed by atoms with E-state index >= 15 is 0 Å². The van der Waals surface area contributed by atoms with Gasteiger partial charge in [0.15, 0.2) is 5.82 Å². The number of aryl methyl sites for hydroxylation is 1. The molecule has 3 fully saturated rings. The van der Waals surface area contributed by atoms with Crippen molar-refractivity contribution >= 4 is 22.4 Å². The van der Waals surface area contributed by atoms with Crippen LogP contribution >= 0.6 is 0 Å².